The van der Waals surface area contributed by atoms with Crippen LogP contribution in [0.5, 0.6) is 0 Å². The molecule has 0 aliphatic carbocycles. The molecule has 8 nitrogen and oxygen atoms in total. The van der Waals surface area contributed by atoms with Gasteiger partial charge in [-0.2, -0.15) is 0 Å². The van der Waals surface area contributed by atoms with Gasteiger partial charge in [0.05, 0.1) is 24.7 Å². The highest BCUT2D eigenvalue weighted by atomic mass is 16.6. The number of aliphatic hydroxyl groups is 1. The van der Waals surface area contributed by atoms with Gasteiger partial charge < -0.3 is 24.4 Å². The molecule has 8 heteroatoms. The highest BCUT2D eigenvalue weighted by Gasteiger charge is 2.78. The summed E-state index contributed by atoms with van der Waals surface area (Å²) in [5.74, 6) is -2.59. The minimum atomic E-state index is -1.10. The number of hydrogen-bond acceptors (Lipinski definition) is 6. The normalized spacial score (nSPS) is 34.8. The number of hydrogen-bond donors (Lipinski definition) is 1. The molecule has 1 spiro atoms. The van der Waals surface area contributed by atoms with Crippen molar-refractivity contribution in [3.05, 3.63) is 12.7 Å². The zero-order chi connectivity index (χ0) is 22.5. The van der Waals surface area contributed by atoms with E-state index in [1.807, 2.05) is 27.7 Å². The van der Waals surface area contributed by atoms with Crippen molar-refractivity contribution in [3.8, 4) is 0 Å². The van der Waals surface area contributed by atoms with Crippen molar-refractivity contribution in [2.75, 3.05) is 26.3 Å². The summed E-state index contributed by atoms with van der Waals surface area (Å²) in [5.41, 5.74) is -2.45. The van der Waals surface area contributed by atoms with E-state index in [1.165, 1.54) is 4.90 Å². The largest absolute Gasteiger partial charge is 0.466 e. The number of likely N-dealkylation sites (tertiary alicyclic amines) is 1. The van der Waals surface area contributed by atoms with Crippen LogP contribution in [0.25, 0.3) is 0 Å². The summed E-state index contributed by atoms with van der Waals surface area (Å²) < 4.78 is 11.7. The molecule has 2 amide bonds. The fourth-order valence-corrected chi connectivity index (χ4v) is 5.61. The summed E-state index contributed by atoms with van der Waals surface area (Å²) >= 11 is 0. The first kappa shape index (κ1) is 22.7. The Bertz CT molecular complexity index is 746. The van der Waals surface area contributed by atoms with Crippen LogP contribution in [0, 0.1) is 11.8 Å². The number of esters is 1. The molecule has 1 N–H and O–H groups in total. The SMILES string of the molecule is C=CCN(C(=O)C1N(CCO)C(=O)[C@@H]2[C@@H](C(=O)OCC)[C@@]3(C)CCC12O3)C(C)(C)C. The molecule has 0 aromatic carbocycles. The minimum absolute atomic E-state index is 0.00911. The molecular weight excluding hydrogens is 388 g/mol. The summed E-state index contributed by atoms with van der Waals surface area (Å²) in [4.78, 5) is 43.3. The van der Waals surface area contributed by atoms with Crippen LogP contribution in [0.3, 0.4) is 0 Å². The number of amides is 2. The molecule has 2 bridgehead atoms. The molecule has 3 rings (SSSR count). The van der Waals surface area contributed by atoms with Crippen molar-refractivity contribution in [3.63, 3.8) is 0 Å². The van der Waals surface area contributed by atoms with Gasteiger partial charge >= 0.3 is 5.97 Å². The summed E-state index contributed by atoms with van der Waals surface area (Å²) in [6.07, 6.45) is 2.72. The molecule has 0 aromatic rings. The van der Waals surface area contributed by atoms with E-state index in [4.69, 9.17) is 9.47 Å². The third-order valence-electron chi connectivity index (χ3n) is 6.78. The molecule has 5 atom stereocenters. The maximum atomic E-state index is 13.9. The Labute approximate surface area is 178 Å². The summed E-state index contributed by atoms with van der Waals surface area (Å²) in [6, 6.07) is -0.900. The average Bonchev–Trinajstić information content (AvgIpc) is 3.20. The molecule has 168 valence electrons. The highest BCUT2D eigenvalue weighted by Crippen LogP contribution is 2.63. The van der Waals surface area contributed by atoms with Crippen molar-refractivity contribution in [1.82, 2.24) is 9.80 Å². The maximum Gasteiger partial charge on any atom is 0.312 e. The number of carbonyl (C=O) groups excluding carboxylic acids is 3. The Morgan fingerprint density at radius 2 is 2.07 bits per heavy atom. The molecule has 3 saturated heterocycles. The second-order valence-corrected chi connectivity index (χ2v) is 9.64. The predicted octanol–water partition coefficient (Wildman–Crippen LogP) is 1.12. The van der Waals surface area contributed by atoms with Gasteiger partial charge in [0.25, 0.3) is 0 Å². The number of β-amino-alcohol motifs (C(OH)–C–C–N with tert-alkyl or cyclic N) is 1. The zero-order valence-corrected chi connectivity index (χ0v) is 18.6. The van der Waals surface area contributed by atoms with E-state index in [-0.39, 0.29) is 31.6 Å². The highest BCUT2D eigenvalue weighted by molar-refractivity contribution is 5.98. The van der Waals surface area contributed by atoms with E-state index < -0.39 is 40.6 Å². The van der Waals surface area contributed by atoms with E-state index in [1.54, 1.807) is 17.9 Å². The van der Waals surface area contributed by atoms with Crippen LogP contribution in [0.4, 0.5) is 0 Å². The minimum Gasteiger partial charge on any atom is -0.466 e. The molecule has 0 radical (unpaired) electrons. The Morgan fingerprint density at radius 3 is 2.60 bits per heavy atom. The van der Waals surface area contributed by atoms with Crippen LogP contribution >= 0.6 is 0 Å². The molecule has 3 fully saturated rings. The lowest BCUT2D eigenvalue weighted by molar-refractivity contribution is -0.161. The zero-order valence-electron chi connectivity index (χ0n) is 18.6. The Balaban J connectivity index is 2.09. The van der Waals surface area contributed by atoms with Gasteiger partial charge in [-0.3, -0.25) is 14.4 Å². The van der Waals surface area contributed by atoms with Crippen LogP contribution in [-0.4, -0.2) is 81.8 Å². The standard InChI is InChI=1S/C22H34N2O6/c1-7-11-24(20(3,4)5)18(27)16-22-10-9-21(6,30-22)15(19(28)29-8-2)14(22)17(26)23(16)12-13-25/h7,14-16,25H,1,8-13H2,2-6H3/t14-,15-,16?,21+,22?/m0/s1. The van der Waals surface area contributed by atoms with Gasteiger partial charge in [0.15, 0.2) is 0 Å². The fraction of sp³-hybridized carbons (Fsp3) is 0.773. The van der Waals surface area contributed by atoms with Crippen molar-refractivity contribution in [2.45, 2.75) is 70.2 Å². The Morgan fingerprint density at radius 1 is 1.40 bits per heavy atom. The van der Waals surface area contributed by atoms with Crippen molar-refractivity contribution in [2.24, 2.45) is 11.8 Å². The predicted molar refractivity (Wildman–Crippen MR) is 109 cm³/mol. The van der Waals surface area contributed by atoms with Crippen LogP contribution in [-0.2, 0) is 23.9 Å². The van der Waals surface area contributed by atoms with Gasteiger partial charge in [0.1, 0.15) is 17.6 Å². The van der Waals surface area contributed by atoms with E-state index in [9.17, 15) is 19.5 Å². The first-order valence-electron chi connectivity index (χ1n) is 10.7. The van der Waals surface area contributed by atoms with E-state index in [0.29, 0.717) is 19.4 Å². The average molecular weight is 423 g/mol. The fourth-order valence-electron chi connectivity index (χ4n) is 5.61. The van der Waals surface area contributed by atoms with Crippen LogP contribution in [0.2, 0.25) is 0 Å². The quantitative estimate of drug-likeness (QED) is 0.488. The third-order valence-corrected chi connectivity index (χ3v) is 6.78. The van der Waals surface area contributed by atoms with E-state index in [2.05, 4.69) is 6.58 Å². The summed E-state index contributed by atoms with van der Waals surface area (Å²) in [5, 5.41) is 9.62. The van der Waals surface area contributed by atoms with Gasteiger partial charge in [-0.25, -0.2) is 0 Å². The topological polar surface area (TPSA) is 96.4 Å². The molecule has 3 heterocycles. The molecule has 3 aliphatic rings. The van der Waals surface area contributed by atoms with E-state index in [0.717, 1.165) is 0 Å². The molecule has 30 heavy (non-hydrogen) atoms. The monoisotopic (exact) mass is 422 g/mol. The van der Waals surface area contributed by atoms with Gasteiger partial charge in [-0.15, -0.1) is 6.58 Å². The van der Waals surface area contributed by atoms with Gasteiger partial charge in [-0.1, -0.05) is 6.08 Å². The van der Waals surface area contributed by atoms with Crippen LogP contribution in [0.1, 0.15) is 47.5 Å². The molecule has 2 unspecified atom stereocenters. The van der Waals surface area contributed by atoms with Crippen molar-refractivity contribution in [1.29, 1.82) is 0 Å². The smallest absolute Gasteiger partial charge is 0.312 e. The number of fused-ring (bicyclic) bond motifs is 1. The first-order chi connectivity index (χ1) is 14.0. The molecule has 3 aliphatic heterocycles. The number of nitrogens with zero attached hydrogens (tertiary/aromatic N) is 2. The Hall–Kier alpha value is -1.93. The maximum absolute atomic E-state index is 13.9. The van der Waals surface area contributed by atoms with E-state index >= 15 is 0 Å². The molecule has 0 aromatic heterocycles. The van der Waals surface area contributed by atoms with Crippen molar-refractivity contribution < 1.29 is 29.0 Å². The first-order valence-corrected chi connectivity index (χ1v) is 10.7. The van der Waals surface area contributed by atoms with Gasteiger partial charge in [0, 0.05) is 18.6 Å². The number of rotatable bonds is 7. The molecule has 0 saturated carbocycles. The second kappa shape index (κ2) is 7.64. The van der Waals surface area contributed by atoms with Crippen LogP contribution < -0.4 is 0 Å². The number of ether oxygens (including phenoxy) is 2. The second-order valence-electron chi connectivity index (χ2n) is 9.64. The van der Waals surface area contributed by atoms with Gasteiger partial charge in [-0.05, 0) is 47.5 Å². The Kier molecular flexibility index (Phi) is 5.79. The van der Waals surface area contributed by atoms with Crippen molar-refractivity contribution >= 4 is 17.8 Å². The number of carbonyl (C=O) groups is 3. The lowest BCUT2D eigenvalue weighted by atomic mass is 9.66. The van der Waals surface area contributed by atoms with Crippen LogP contribution in [0.15, 0.2) is 12.7 Å². The lowest BCUT2D eigenvalue weighted by Crippen LogP contribution is -2.60. The summed E-state index contributed by atoms with van der Waals surface area (Å²) in [6.45, 7) is 13.3. The number of aliphatic hydroxyl groups excluding tert-OH is 1. The third kappa shape index (κ3) is 3.15. The molecular formula is C22H34N2O6. The summed E-state index contributed by atoms with van der Waals surface area (Å²) in [7, 11) is 0. The van der Waals surface area contributed by atoms with Gasteiger partial charge in [0.2, 0.25) is 11.8 Å². The lowest BCUT2D eigenvalue weighted by Gasteiger charge is -2.41.